The molecular formula is C26H30ClN3O2. The Balaban J connectivity index is 1.39. The van der Waals surface area contributed by atoms with Gasteiger partial charge in [0.1, 0.15) is 0 Å². The van der Waals surface area contributed by atoms with E-state index in [9.17, 15) is 9.59 Å². The molecule has 1 amide bonds. The molecule has 2 saturated heterocycles. The third-order valence-corrected chi connectivity index (χ3v) is 7.65. The van der Waals surface area contributed by atoms with Gasteiger partial charge in [0.15, 0.2) is 0 Å². The highest BCUT2D eigenvalue weighted by Crippen LogP contribution is 2.39. The van der Waals surface area contributed by atoms with E-state index in [1.807, 2.05) is 39.8 Å². The summed E-state index contributed by atoms with van der Waals surface area (Å²) in [7, 11) is 0. The summed E-state index contributed by atoms with van der Waals surface area (Å²) in [6.07, 6.45) is 7.47. The van der Waals surface area contributed by atoms with E-state index in [1.165, 1.54) is 5.69 Å². The van der Waals surface area contributed by atoms with E-state index in [2.05, 4.69) is 17.1 Å². The average molecular weight is 452 g/mol. The Morgan fingerprint density at radius 2 is 1.75 bits per heavy atom. The maximum atomic E-state index is 12.7. The number of aromatic nitrogens is 1. The fourth-order valence-electron chi connectivity index (χ4n) is 5.83. The summed E-state index contributed by atoms with van der Waals surface area (Å²) in [4.78, 5) is 29.0. The zero-order valence-corrected chi connectivity index (χ0v) is 19.3. The van der Waals surface area contributed by atoms with Gasteiger partial charge in [-0.25, -0.2) is 0 Å². The summed E-state index contributed by atoms with van der Waals surface area (Å²) in [5, 5.41) is 0.730. The first-order valence-electron chi connectivity index (χ1n) is 11.6. The first-order valence-corrected chi connectivity index (χ1v) is 12.0. The number of halogens is 1. The molecule has 0 aliphatic carbocycles. The van der Waals surface area contributed by atoms with Gasteiger partial charge in [-0.1, -0.05) is 35.9 Å². The van der Waals surface area contributed by atoms with Crippen LogP contribution in [-0.2, 0) is 11.3 Å². The van der Waals surface area contributed by atoms with Crippen molar-refractivity contribution in [1.29, 1.82) is 0 Å². The van der Waals surface area contributed by atoms with Crippen molar-refractivity contribution in [1.82, 2.24) is 14.4 Å². The number of hydrogen-bond donors (Lipinski definition) is 0. The summed E-state index contributed by atoms with van der Waals surface area (Å²) >= 11 is 6.01. The molecule has 1 aromatic carbocycles. The fourth-order valence-corrected chi connectivity index (χ4v) is 5.96. The number of carbonyl (C=O) groups excluding carboxylic acids is 1. The molecule has 32 heavy (non-hydrogen) atoms. The van der Waals surface area contributed by atoms with Gasteiger partial charge in [0, 0.05) is 68.4 Å². The molecule has 2 bridgehead atoms. The van der Waals surface area contributed by atoms with Gasteiger partial charge in [-0.05, 0) is 54.5 Å². The topological polar surface area (TPSA) is 45.6 Å². The highest BCUT2D eigenvalue weighted by Gasteiger charge is 2.38. The second-order valence-corrected chi connectivity index (χ2v) is 9.93. The molecule has 1 aromatic heterocycles. The second-order valence-electron chi connectivity index (χ2n) is 9.50. The van der Waals surface area contributed by atoms with E-state index < -0.39 is 0 Å². The summed E-state index contributed by atoms with van der Waals surface area (Å²) < 4.78 is 2.02. The summed E-state index contributed by atoms with van der Waals surface area (Å²) in [6.45, 7) is 6.23. The number of hydrogen-bond acceptors (Lipinski definition) is 3. The molecule has 0 N–H and O–H groups in total. The monoisotopic (exact) mass is 451 g/mol. The van der Waals surface area contributed by atoms with Crippen LogP contribution in [-0.4, -0.2) is 52.5 Å². The second kappa shape index (κ2) is 8.87. The zero-order valence-electron chi connectivity index (χ0n) is 18.5. The molecule has 4 heterocycles. The van der Waals surface area contributed by atoms with E-state index in [1.54, 1.807) is 13.0 Å². The molecule has 0 radical (unpaired) electrons. The van der Waals surface area contributed by atoms with Gasteiger partial charge in [0.25, 0.3) is 5.56 Å². The lowest BCUT2D eigenvalue weighted by Crippen LogP contribution is -2.53. The number of amides is 1. The maximum absolute atomic E-state index is 12.7. The van der Waals surface area contributed by atoms with Crippen molar-refractivity contribution in [3.8, 4) is 0 Å². The van der Waals surface area contributed by atoms with Crippen LogP contribution in [0.4, 0.5) is 0 Å². The van der Waals surface area contributed by atoms with Crippen LogP contribution in [0.1, 0.15) is 48.9 Å². The number of rotatable bonds is 3. The Labute approximate surface area is 194 Å². The first kappa shape index (κ1) is 21.5. The Morgan fingerprint density at radius 3 is 2.47 bits per heavy atom. The van der Waals surface area contributed by atoms with Crippen LogP contribution in [0, 0.1) is 5.92 Å². The highest BCUT2D eigenvalue weighted by molar-refractivity contribution is 6.30. The predicted molar refractivity (Wildman–Crippen MR) is 129 cm³/mol. The minimum atomic E-state index is 0.113. The number of carbonyl (C=O) groups is 1. The molecule has 0 unspecified atom stereocenters. The van der Waals surface area contributed by atoms with Gasteiger partial charge < -0.3 is 9.47 Å². The lowest BCUT2D eigenvalue weighted by Gasteiger charge is -2.47. The number of nitrogens with zero attached hydrogens (tertiary/aromatic N) is 3. The van der Waals surface area contributed by atoms with Gasteiger partial charge in [-0.15, -0.1) is 0 Å². The number of benzene rings is 1. The van der Waals surface area contributed by atoms with Gasteiger partial charge in [-0.3, -0.25) is 14.5 Å². The van der Waals surface area contributed by atoms with E-state index in [0.29, 0.717) is 17.9 Å². The van der Waals surface area contributed by atoms with Crippen molar-refractivity contribution in [2.75, 3.05) is 26.2 Å². The van der Waals surface area contributed by atoms with Gasteiger partial charge in [-0.2, -0.15) is 0 Å². The Morgan fingerprint density at radius 1 is 1.00 bits per heavy atom. The normalized spacial score (nSPS) is 24.0. The average Bonchev–Trinajstić information content (AvgIpc) is 2.80. The van der Waals surface area contributed by atoms with Crippen LogP contribution in [0.5, 0.6) is 0 Å². The zero-order chi connectivity index (χ0) is 22.2. The third-order valence-electron chi connectivity index (χ3n) is 7.40. The van der Waals surface area contributed by atoms with Gasteiger partial charge >= 0.3 is 0 Å². The third kappa shape index (κ3) is 4.28. The maximum Gasteiger partial charge on any atom is 0.250 e. The largest absolute Gasteiger partial charge is 0.343 e. The number of piperidine rings is 2. The Bertz CT molecular complexity index is 1080. The van der Waals surface area contributed by atoms with Gasteiger partial charge in [0.05, 0.1) is 0 Å². The SMILES string of the molecule is CC(=O)N1CCC(N2C[C@@H]3C[C@H](C2)c2c(/C=C/c4ccc(Cl)cc4)ccc(=O)n2C3)CC1. The molecular weight excluding hydrogens is 422 g/mol. The lowest BCUT2D eigenvalue weighted by molar-refractivity contribution is -0.130. The Kier molecular flexibility index (Phi) is 5.95. The molecule has 2 aromatic rings. The summed E-state index contributed by atoms with van der Waals surface area (Å²) in [6, 6.07) is 12.0. The van der Waals surface area contributed by atoms with Crippen LogP contribution in [0.3, 0.4) is 0 Å². The fraction of sp³-hybridized carbons (Fsp3) is 0.462. The minimum absolute atomic E-state index is 0.113. The molecule has 3 aliphatic rings. The number of pyridine rings is 1. The standard InChI is InChI=1S/C26H30ClN3O2/c1-18(31)28-12-10-24(11-13-28)29-15-20-14-22(17-29)26-21(6-9-25(32)30(26)16-20)5-2-19-3-7-23(27)8-4-19/h2-9,20,22,24H,10-17H2,1H3/b5-2+/t20-,22+/m0/s1. The minimum Gasteiger partial charge on any atom is -0.343 e. The quantitative estimate of drug-likeness (QED) is 0.705. The highest BCUT2D eigenvalue weighted by atomic mass is 35.5. The van der Waals surface area contributed by atoms with Crippen LogP contribution in [0.25, 0.3) is 12.2 Å². The molecule has 6 heteroatoms. The molecule has 5 rings (SSSR count). The summed E-state index contributed by atoms with van der Waals surface area (Å²) in [5.74, 6) is 1.07. The van der Waals surface area contributed by atoms with E-state index in [4.69, 9.17) is 11.6 Å². The van der Waals surface area contributed by atoms with Crippen molar-refractivity contribution in [2.24, 2.45) is 5.92 Å². The van der Waals surface area contributed by atoms with Crippen LogP contribution < -0.4 is 5.56 Å². The van der Waals surface area contributed by atoms with Crippen LogP contribution >= 0.6 is 11.6 Å². The Hall–Kier alpha value is -2.37. The van der Waals surface area contributed by atoms with Crippen molar-refractivity contribution >= 4 is 29.7 Å². The number of likely N-dealkylation sites (tertiary alicyclic amines) is 2. The molecule has 0 spiro atoms. The van der Waals surface area contributed by atoms with Crippen molar-refractivity contribution in [3.05, 3.63) is 68.6 Å². The van der Waals surface area contributed by atoms with E-state index in [-0.39, 0.29) is 11.5 Å². The van der Waals surface area contributed by atoms with Crippen LogP contribution in [0.15, 0.2) is 41.2 Å². The van der Waals surface area contributed by atoms with Crippen molar-refractivity contribution < 1.29 is 4.79 Å². The van der Waals surface area contributed by atoms with E-state index in [0.717, 1.165) is 68.1 Å². The summed E-state index contributed by atoms with van der Waals surface area (Å²) in [5.41, 5.74) is 3.53. The molecule has 2 atom stereocenters. The lowest BCUT2D eigenvalue weighted by atomic mass is 9.80. The smallest absolute Gasteiger partial charge is 0.250 e. The molecule has 3 aliphatic heterocycles. The first-order chi connectivity index (χ1) is 15.5. The molecule has 2 fully saturated rings. The molecule has 0 saturated carbocycles. The van der Waals surface area contributed by atoms with Crippen molar-refractivity contribution in [3.63, 3.8) is 0 Å². The van der Waals surface area contributed by atoms with Crippen molar-refractivity contribution in [2.45, 2.75) is 44.7 Å². The van der Waals surface area contributed by atoms with Gasteiger partial charge in [0.2, 0.25) is 5.91 Å². The van der Waals surface area contributed by atoms with Crippen LogP contribution in [0.2, 0.25) is 5.02 Å². The molecule has 5 nitrogen and oxygen atoms in total. The molecule has 168 valence electrons. The predicted octanol–water partition coefficient (Wildman–Crippen LogP) is 4.10. The number of fused-ring (bicyclic) bond motifs is 4. The van der Waals surface area contributed by atoms with E-state index >= 15 is 0 Å².